The minimum atomic E-state index is -0.736. The number of rotatable bonds is 8. The van der Waals surface area contributed by atoms with E-state index < -0.39 is 23.7 Å². The zero-order chi connectivity index (χ0) is 22.3. The fraction of sp³-hybridized carbons (Fsp3) is 0.208. The van der Waals surface area contributed by atoms with Crippen LogP contribution in [0.1, 0.15) is 27.7 Å². The molecule has 0 heterocycles. The minimum Gasteiger partial charge on any atom is -0.462 e. The minimum absolute atomic E-state index is 0. The van der Waals surface area contributed by atoms with Crippen molar-refractivity contribution in [3.05, 3.63) is 72.6 Å². The molecule has 0 N–H and O–H groups in total. The first-order chi connectivity index (χ1) is 14.2. The van der Waals surface area contributed by atoms with Crippen molar-refractivity contribution < 1.29 is 33.0 Å². The second-order valence-electron chi connectivity index (χ2n) is 6.48. The molecule has 0 saturated heterocycles. The van der Waals surface area contributed by atoms with E-state index in [-0.39, 0.29) is 37.4 Å². The lowest BCUT2D eigenvalue weighted by atomic mass is 10.1. The highest BCUT2D eigenvalue weighted by atomic mass is 19.1. The third kappa shape index (κ3) is 7.54. The lowest BCUT2D eigenvalue weighted by Crippen LogP contribution is -2.14. The van der Waals surface area contributed by atoms with Crippen LogP contribution in [0.2, 0.25) is 0 Å². The van der Waals surface area contributed by atoms with E-state index >= 15 is 0 Å². The summed E-state index contributed by atoms with van der Waals surface area (Å²) in [6.45, 7) is 9.77. The molecule has 0 aliphatic rings. The van der Waals surface area contributed by atoms with E-state index in [9.17, 15) is 18.8 Å². The van der Waals surface area contributed by atoms with Gasteiger partial charge in [0.15, 0.2) is 11.6 Å². The third-order valence-corrected chi connectivity index (χ3v) is 3.79. The topological polar surface area (TPSA) is 78.9 Å². The van der Waals surface area contributed by atoms with E-state index in [0.717, 1.165) is 0 Å². The van der Waals surface area contributed by atoms with E-state index in [1.54, 1.807) is 37.3 Å². The van der Waals surface area contributed by atoms with Crippen molar-refractivity contribution in [3.63, 3.8) is 0 Å². The summed E-state index contributed by atoms with van der Waals surface area (Å²) < 4.78 is 29.2. The van der Waals surface area contributed by atoms with Gasteiger partial charge in [0.2, 0.25) is 0 Å². The summed E-state index contributed by atoms with van der Waals surface area (Å²) in [4.78, 5) is 34.6. The first kappa shape index (κ1) is 25.3. The van der Waals surface area contributed by atoms with Crippen molar-refractivity contribution >= 4 is 17.9 Å². The van der Waals surface area contributed by atoms with Crippen molar-refractivity contribution in [1.29, 1.82) is 0 Å². The van der Waals surface area contributed by atoms with E-state index in [2.05, 4.69) is 13.2 Å². The molecule has 6 nitrogen and oxygen atoms in total. The normalized spacial score (nSPS) is 9.77. The largest absolute Gasteiger partial charge is 0.462 e. The van der Waals surface area contributed by atoms with Crippen LogP contribution in [-0.4, -0.2) is 24.5 Å². The van der Waals surface area contributed by atoms with Gasteiger partial charge in [-0.3, -0.25) is 4.79 Å². The fourth-order valence-electron chi connectivity index (χ4n) is 2.20. The van der Waals surface area contributed by atoms with Gasteiger partial charge >= 0.3 is 17.9 Å². The summed E-state index contributed by atoms with van der Waals surface area (Å²) in [5.41, 5.74) is 1.71. The Bertz CT molecular complexity index is 992. The van der Waals surface area contributed by atoms with Crippen molar-refractivity contribution in [2.24, 2.45) is 0 Å². The Morgan fingerprint density at radius 1 is 0.871 bits per heavy atom. The van der Waals surface area contributed by atoms with Gasteiger partial charge in [0, 0.05) is 11.1 Å². The predicted octanol–water partition coefficient (Wildman–Crippen LogP) is 5.03. The second kappa shape index (κ2) is 11.4. The first-order valence-electron chi connectivity index (χ1n) is 8.98. The van der Waals surface area contributed by atoms with Gasteiger partial charge in [0.25, 0.3) is 0 Å². The molecule has 0 bridgehead atoms. The molecular formula is C24H25FO6. The molecule has 0 amide bonds. The summed E-state index contributed by atoms with van der Waals surface area (Å²) in [5, 5.41) is 0. The highest BCUT2D eigenvalue weighted by Crippen LogP contribution is 2.27. The fourth-order valence-corrected chi connectivity index (χ4v) is 2.20. The van der Waals surface area contributed by atoms with Crippen molar-refractivity contribution in [2.45, 2.75) is 27.7 Å². The monoisotopic (exact) mass is 428 g/mol. The van der Waals surface area contributed by atoms with Crippen LogP contribution in [0.3, 0.4) is 0 Å². The first-order valence-corrected chi connectivity index (χ1v) is 8.98. The maximum Gasteiger partial charge on any atom is 0.338 e. The molecule has 0 unspecified atom stereocenters. The number of carbonyl (C=O) groups excluding carboxylic acids is 3. The molecule has 0 aliphatic heterocycles. The molecule has 0 aliphatic carbocycles. The standard InChI is InChI=1S/C23H21FO6.CH4/c1-14(2)22(26)28-12-11-21(25)30-20-10-7-17(13-19(20)24)16-5-8-18(9-6-16)29-23(27)15(3)4;/h5-10,13H,1,3,11-12H2,2,4H3;1H4. The van der Waals surface area contributed by atoms with E-state index in [1.807, 2.05) is 0 Å². The van der Waals surface area contributed by atoms with Crippen LogP contribution in [0.25, 0.3) is 11.1 Å². The highest BCUT2D eigenvalue weighted by Gasteiger charge is 2.13. The Morgan fingerprint density at radius 3 is 2.00 bits per heavy atom. The van der Waals surface area contributed by atoms with Gasteiger partial charge in [0.05, 0.1) is 6.42 Å². The maximum absolute atomic E-state index is 14.3. The quantitative estimate of drug-likeness (QED) is 0.334. The number of esters is 3. The van der Waals surface area contributed by atoms with Gasteiger partial charge in [-0.15, -0.1) is 0 Å². The Hall–Kier alpha value is -3.74. The van der Waals surface area contributed by atoms with Crippen molar-refractivity contribution in [3.8, 4) is 22.6 Å². The maximum atomic E-state index is 14.3. The van der Waals surface area contributed by atoms with Crippen LogP contribution in [0.4, 0.5) is 4.39 Å². The van der Waals surface area contributed by atoms with E-state index in [1.165, 1.54) is 19.1 Å². The Morgan fingerprint density at radius 2 is 1.45 bits per heavy atom. The molecule has 2 aromatic carbocycles. The molecule has 0 aromatic heterocycles. The van der Waals surface area contributed by atoms with Crippen LogP contribution in [0, 0.1) is 5.82 Å². The van der Waals surface area contributed by atoms with Crippen LogP contribution in [0.5, 0.6) is 11.5 Å². The number of hydrogen-bond donors (Lipinski definition) is 0. The Balaban J connectivity index is 0.00000480. The number of ether oxygens (including phenoxy) is 3. The molecule has 164 valence electrons. The van der Waals surface area contributed by atoms with E-state index in [4.69, 9.17) is 14.2 Å². The molecule has 0 saturated carbocycles. The van der Waals surface area contributed by atoms with Gasteiger partial charge in [-0.2, -0.15) is 0 Å². The van der Waals surface area contributed by atoms with Crippen LogP contribution < -0.4 is 9.47 Å². The lowest BCUT2D eigenvalue weighted by Gasteiger charge is -2.09. The van der Waals surface area contributed by atoms with Crippen LogP contribution in [0.15, 0.2) is 66.8 Å². The summed E-state index contributed by atoms with van der Waals surface area (Å²) in [7, 11) is 0. The molecule has 0 radical (unpaired) electrons. The molecule has 2 aromatic rings. The number of halogens is 1. The van der Waals surface area contributed by atoms with Gasteiger partial charge < -0.3 is 14.2 Å². The summed E-state index contributed by atoms with van der Waals surface area (Å²) >= 11 is 0. The zero-order valence-corrected chi connectivity index (χ0v) is 16.7. The lowest BCUT2D eigenvalue weighted by molar-refractivity contribution is -0.142. The molecule has 0 fully saturated rings. The Labute approximate surface area is 180 Å². The third-order valence-electron chi connectivity index (χ3n) is 3.79. The molecule has 7 heteroatoms. The SMILES string of the molecule is C.C=C(C)C(=O)OCCC(=O)Oc1ccc(-c2ccc(OC(=O)C(=C)C)cc2)cc1F. The number of hydrogen-bond acceptors (Lipinski definition) is 6. The van der Waals surface area contributed by atoms with Crippen LogP contribution >= 0.6 is 0 Å². The average molecular weight is 428 g/mol. The van der Waals surface area contributed by atoms with Crippen molar-refractivity contribution in [1.82, 2.24) is 0 Å². The molecule has 0 spiro atoms. The zero-order valence-electron chi connectivity index (χ0n) is 16.7. The molecule has 0 atom stereocenters. The van der Waals surface area contributed by atoms with Gasteiger partial charge in [-0.25, -0.2) is 14.0 Å². The summed E-state index contributed by atoms with van der Waals surface area (Å²) in [6, 6.07) is 10.6. The van der Waals surface area contributed by atoms with Gasteiger partial charge in [-0.1, -0.05) is 38.8 Å². The summed E-state index contributed by atoms with van der Waals surface area (Å²) in [5.74, 6) is -2.50. The Kier molecular flexibility index (Phi) is 9.34. The van der Waals surface area contributed by atoms with Gasteiger partial charge in [-0.05, 0) is 49.2 Å². The second-order valence-corrected chi connectivity index (χ2v) is 6.48. The smallest absolute Gasteiger partial charge is 0.338 e. The highest BCUT2D eigenvalue weighted by molar-refractivity contribution is 5.89. The van der Waals surface area contributed by atoms with Crippen molar-refractivity contribution in [2.75, 3.05) is 6.61 Å². The molecule has 31 heavy (non-hydrogen) atoms. The molecular weight excluding hydrogens is 403 g/mol. The van der Waals surface area contributed by atoms with E-state index in [0.29, 0.717) is 16.9 Å². The van der Waals surface area contributed by atoms with Crippen LogP contribution in [-0.2, 0) is 19.1 Å². The van der Waals surface area contributed by atoms with Gasteiger partial charge in [0.1, 0.15) is 12.4 Å². The number of carbonyl (C=O) groups is 3. The average Bonchev–Trinajstić information content (AvgIpc) is 2.69. The molecule has 2 rings (SSSR count). The number of benzene rings is 2. The predicted molar refractivity (Wildman–Crippen MR) is 115 cm³/mol. The summed E-state index contributed by atoms with van der Waals surface area (Å²) in [6.07, 6.45) is -0.218.